The first-order chi connectivity index (χ1) is 11.4. The Hall–Kier alpha value is -1.01. The molecule has 1 aliphatic rings. The van der Waals surface area contributed by atoms with Gasteiger partial charge in [-0.2, -0.15) is 0 Å². The molecule has 25 heavy (non-hydrogen) atoms. The molecule has 0 bridgehead atoms. The second-order valence-electron chi connectivity index (χ2n) is 6.02. The van der Waals surface area contributed by atoms with E-state index in [1.807, 2.05) is 13.8 Å². The Morgan fingerprint density at radius 1 is 1.28 bits per heavy atom. The van der Waals surface area contributed by atoms with Crippen LogP contribution in [-0.2, 0) is 4.79 Å². The van der Waals surface area contributed by atoms with E-state index in [4.69, 9.17) is 23.2 Å². The van der Waals surface area contributed by atoms with Crippen LogP contribution in [0, 0.1) is 0 Å². The first-order valence-corrected chi connectivity index (χ1v) is 8.96. The molecule has 1 unspecified atom stereocenters. The molecule has 2 atom stereocenters. The van der Waals surface area contributed by atoms with Gasteiger partial charge in [-0.25, -0.2) is 0 Å². The molecule has 0 saturated carbocycles. The van der Waals surface area contributed by atoms with Gasteiger partial charge in [0.05, 0.1) is 0 Å². The third-order valence-corrected chi connectivity index (χ3v) is 4.50. The van der Waals surface area contributed by atoms with Crippen molar-refractivity contribution in [1.82, 2.24) is 15.5 Å². The number of hydrogen-bond acceptors (Lipinski definition) is 3. The van der Waals surface area contributed by atoms with Crippen LogP contribution >= 0.6 is 35.6 Å². The van der Waals surface area contributed by atoms with Crippen LogP contribution < -0.4 is 10.6 Å². The lowest BCUT2D eigenvalue weighted by molar-refractivity contribution is -0.124. The van der Waals surface area contributed by atoms with Crippen molar-refractivity contribution in [2.24, 2.45) is 0 Å². The molecule has 1 aliphatic heterocycles. The molecular formula is C17H24Cl3N3O2. The van der Waals surface area contributed by atoms with Gasteiger partial charge in [0.15, 0.2) is 0 Å². The lowest BCUT2D eigenvalue weighted by Crippen LogP contribution is -2.48. The predicted molar refractivity (Wildman–Crippen MR) is 104 cm³/mol. The zero-order valence-electron chi connectivity index (χ0n) is 14.4. The molecule has 0 aromatic heterocycles. The summed E-state index contributed by atoms with van der Waals surface area (Å²) in [5, 5.41) is 6.98. The van der Waals surface area contributed by atoms with Crippen molar-refractivity contribution in [3.8, 4) is 0 Å². The average Bonchev–Trinajstić information content (AvgIpc) is 3.00. The summed E-state index contributed by atoms with van der Waals surface area (Å²) >= 11 is 11.9. The van der Waals surface area contributed by atoms with Crippen molar-refractivity contribution in [3.63, 3.8) is 0 Å². The normalized spacial score (nSPS) is 17.8. The summed E-state index contributed by atoms with van der Waals surface area (Å²) < 4.78 is 0. The van der Waals surface area contributed by atoms with Crippen molar-refractivity contribution in [2.45, 2.75) is 38.8 Å². The largest absolute Gasteiger partial charge is 0.353 e. The summed E-state index contributed by atoms with van der Waals surface area (Å²) in [5.74, 6) is -0.324. The van der Waals surface area contributed by atoms with Gasteiger partial charge in [-0.1, -0.05) is 30.1 Å². The molecule has 8 heteroatoms. The van der Waals surface area contributed by atoms with Crippen LogP contribution in [0.4, 0.5) is 0 Å². The van der Waals surface area contributed by atoms with Gasteiger partial charge in [-0.05, 0) is 44.5 Å². The molecule has 1 heterocycles. The molecular weight excluding hydrogens is 385 g/mol. The summed E-state index contributed by atoms with van der Waals surface area (Å²) in [4.78, 5) is 26.8. The minimum Gasteiger partial charge on any atom is -0.353 e. The monoisotopic (exact) mass is 407 g/mol. The van der Waals surface area contributed by atoms with E-state index in [0.717, 1.165) is 13.0 Å². The van der Waals surface area contributed by atoms with Crippen LogP contribution in [0.25, 0.3) is 0 Å². The minimum absolute atomic E-state index is 0. The van der Waals surface area contributed by atoms with Gasteiger partial charge < -0.3 is 15.5 Å². The predicted octanol–water partition coefficient (Wildman–Crippen LogP) is 3.13. The number of carbonyl (C=O) groups is 2. The van der Waals surface area contributed by atoms with Crippen molar-refractivity contribution < 1.29 is 9.59 Å². The summed E-state index contributed by atoms with van der Waals surface area (Å²) in [6, 6.07) is 4.49. The maximum atomic E-state index is 12.7. The number of carbonyl (C=O) groups excluding carboxylic acids is 2. The number of nitrogens with zero attached hydrogens (tertiary/aromatic N) is 1. The van der Waals surface area contributed by atoms with Crippen LogP contribution in [0.1, 0.15) is 37.0 Å². The quantitative estimate of drug-likeness (QED) is 0.760. The summed E-state index contributed by atoms with van der Waals surface area (Å²) in [6.45, 7) is 5.97. The lowest BCUT2D eigenvalue weighted by Gasteiger charge is -2.25. The highest BCUT2D eigenvalue weighted by atomic mass is 35.5. The van der Waals surface area contributed by atoms with Crippen molar-refractivity contribution in [1.29, 1.82) is 0 Å². The third-order valence-electron chi connectivity index (χ3n) is 4.06. The van der Waals surface area contributed by atoms with E-state index in [0.29, 0.717) is 35.1 Å². The van der Waals surface area contributed by atoms with Gasteiger partial charge in [0.25, 0.3) is 5.91 Å². The first-order valence-electron chi connectivity index (χ1n) is 8.20. The van der Waals surface area contributed by atoms with Gasteiger partial charge in [-0.15, -0.1) is 12.4 Å². The van der Waals surface area contributed by atoms with E-state index < -0.39 is 6.04 Å². The highest BCUT2D eigenvalue weighted by Gasteiger charge is 2.34. The summed E-state index contributed by atoms with van der Waals surface area (Å²) in [7, 11) is 0. The summed E-state index contributed by atoms with van der Waals surface area (Å²) in [6.07, 6.45) is 1.47. The average molecular weight is 409 g/mol. The summed E-state index contributed by atoms with van der Waals surface area (Å²) in [5.41, 5.74) is 0.410. The topological polar surface area (TPSA) is 61.4 Å². The second-order valence-corrected chi connectivity index (χ2v) is 6.89. The van der Waals surface area contributed by atoms with E-state index >= 15 is 0 Å². The number of hydrogen-bond donors (Lipinski definition) is 2. The van der Waals surface area contributed by atoms with E-state index in [1.54, 1.807) is 23.1 Å². The molecule has 0 spiro atoms. The Morgan fingerprint density at radius 2 is 1.92 bits per heavy atom. The molecule has 1 saturated heterocycles. The number of likely N-dealkylation sites (tertiary alicyclic amines) is 1. The number of amides is 2. The number of nitrogens with one attached hydrogen (secondary N) is 2. The Bertz CT molecular complexity index is 593. The maximum absolute atomic E-state index is 12.7. The highest BCUT2D eigenvalue weighted by molar-refractivity contribution is 6.35. The zero-order chi connectivity index (χ0) is 17.7. The molecule has 1 aromatic rings. The fourth-order valence-electron chi connectivity index (χ4n) is 2.92. The Morgan fingerprint density at radius 3 is 2.52 bits per heavy atom. The molecule has 2 rings (SSSR count). The van der Waals surface area contributed by atoms with E-state index in [-0.39, 0.29) is 30.3 Å². The SMILES string of the molecule is CCN[C@H](C)CNC(=O)C1CCCN1C(=O)c1cc(Cl)cc(Cl)c1.Cl. The van der Waals surface area contributed by atoms with Crippen LogP contribution in [0.5, 0.6) is 0 Å². The Balaban J connectivity index is 0.00000312. The van der Waals surface area contributed by atoms with Crippen LogP contribution in [-0.4, -0.2) is 48.4 Å². The number of benzene rings is 1. The van der Waals surface area contributed by atoms with E-state index in [2.05, 4.69) is 10.6 Å². The Labute approximate surface area is 164 Å². The Kier molecular flexibility index (Phi) is 9.00. The molecule has 2 N–H and O–H groups in total. The maximum Gasteiger partial charge on any atom is 0.254 e. The van der Waals surface area contributed by atoms with Gasteiger partial charge >= 0.3 is 0 Å². The van der Waals surface area contributed by atoms with Crippen molar-refractivity contribution in [3.05, 3.63) is 33.8 Å². The van der Waals surface area contributed by atoms with Gasteiger partial charge in [-0.3, -0.25) is 9.59 Å². The standard InChI is InChI=1S/C17H23Cl2N3O2.ClH/c1-3-20-11(2)10-21-16(23)15-5-4-6-22(15)17(24)12-7-13(18)9-14(19)8-12;/h7-9,11,15,20H,3-6,10H2,1-2H3,(H,21,23);1H/t11-,15?;/m1./s1. The second kappa shape index (κ2) is 10.2. The fourth-order valence-corrected chi connectivity index (χ4v) is 3.44. The molecule has 5 nitrogen and oxygen atoms in total. The van der Waals surface area contributed by atoms with Crippen LogP contribution in [0.15, 0.2) is 18.2 Å². The number of likely N-dealkylation sites (N-methyl/N-ethyl adjacent to an activating group) is 1. The molecule has 0 aliphatic carbocycles. The van der Waals surface area contributed by atoms with Gasteiger partial charge in [0.2, 0.25) is 5.91 Å². The van der Waals surface area contributed by atoms with Crippen LogP contribution in [0.3, 0.4) is 0 Å². The smallest absolute Gasteiger partial charge is 0.254 e. The molecule has 140 valence electrons. The molecule has 2 amide bonds. The van der Waals surface area contributed by atoms with Gasteiger partial charge in [0.1, 0.15) is 6.04 Å². The highest BCUT2D eigenvalue weighted by Crippen LogP contribution is 2.24. The molecule has 0 radical (unpaired) electrons. The first kappa shape index (κ1) is 22.0. The number of halogens is 3. The third kappa shape index (κ3) is 6.03. The van der Waals surface area contributed by atoms with E-state index in [1.165, 1.54) is 0 Å². The van der Waals surface area contributed by atoms with Crippen molar-refractivity contribution in [2.75, 3.05) is 19.6 Å². The fraction of sp³-hybridized carbons (Fsp3) is 0.529. The molecule has 1 aromatic carbocycles. The van der Waals surface area contributed by atoms with Crippen molar-refractivity contribution >= 4 is 47.4 Å². The van der Waals surface area contributed by atoms with Crippen LogP contribution in [0.2, 0.25) is 10.0 Å². The van der Waals surface area contributed by atoms with E-state index in [9.17, 15) is 9.59 Å². The molecule has 1 fully saturated rings. The minimum atomic E-state index is -0.441. The number of rotatable bonds is 6. The lowest BCUT2D eigenvalue weighted by atomic mass is 10.1. The van der Waals surface area contributed by atoms with Gasteiger partial charge in [0, 0.05) is 34.7 Å². The zero-order valence-corrected chi connectivity index (χ0v) is 16.7.